The van der Waals surface area contributed by atoms with Crippen LogP contribution in [0.2, 0.25) is 0 Å². The maximum atomic E-state index is 4.37. The number of rotatable bonds is 8. The zero-order valence-electron chi connectivity index (χ0n) is 14.6. The van der Waals surface area contributed by atoms with Crippen LogP contribution in [0.3, 0.4) is 0 Å². The molecule has 0 saturated carbocycles. The van der Waals surface area contributed by atoms with Gasteiger partial charge in [-0.25, -0.2) is 0 Å². The van der Waals surface area contributed by atoms with Crippen LogP contribution >= 0.6 is 0 Å². The molecule has 0 aromatic carbocycles. The lowest BCUT2D eigenvalue weighted by Crippen LogP contribution is -2.49. The minimum Gasteiger partial charge on any atom is -0.356 e. The molecule has 0 amide bonds. The van der Waals surface area contributed by atoms with E-state index in [1.165, 1.54) is 58.2 Å². The first-order valence-corrected chi connectivity index (χ1v) is 8.92. The summed E-state index contributed by atoms with van der Waals surface area (Å²) in [5, 5.41) is 7.09. The van der Waals surface area contributed by atoms with Gasteiger partial charge in [-0.15, -0.1) is 0 Å². The minimum atomic E-state index is 0.579. The summed E-state index contributed by atoms with van der Waals surface area (Å²) < 4.78 is 0. The Balaban J connectivity index is 2.26. The molecule has 0 aromatic rings. The molecule has 21 heavy (non-hydrogen) atoms. The quantitative estimate of drug-likeness (QED) is 0.534. The molecule has 4 nitrogen and oxygen atoms in total. The Morgan fingerprint density at radius 2 is 1.86 bits per heavy atom. The molecule has 1 aliphatic rings. The van der Waals surface area contributed by atoms with Crippen molar-refractivity contribution < 1.29 is 0 Å². The Labute approximate surface area is 131 Å². The topological polar surface area (TPSA) is 39.7 Å². The van der Waals surface area contributed by atoms with E-state index >= 15 is 0 Å². The Hall–Kier alpha value is -0.770. The molecule has 1 heterocycles. The molecule has 2 N–H and O–H groups in total. The third-order valence-corrected chi connectivity index (χ3v) is 4.69. The third kappa shape index (κ3) is 7.16. The fourth-order valence-electron chi connectivity index (χ4n) is 2.89. The Kier molecular flexibility index (Phi) is 9.48. The molecule has 0 aromatic heterocycles. The fraction of sp³-hybridized carbons (Fsp3) is 0.941. The number of nitrogens with one attached hydrogen (secondary N) is 2. The van der Waals surface area contributed by atoms with E-state index in [1.807, 2.05) is 7.05 Å². The highest BCUT2D eigenvalue weighted by atomic mass is 15.2. The van der Waals surface area contributed by atoms with Gasteiger partial charge in [0.05, 0.1) is 0 Å². The predicted octanol–water partition coefficient (Wildman–Crippen LogP) is 2.85. The van der Waals surface area contributed by atoms with Gasteiger partial charge in [0.1, 0.15) is 0 Å². The van der Waals surface area contributed by atoms with E-state index in [1.54, 1.807) is 0 Å². The number of piperidine rings is 1. The molecule has 0 unspecified atom stereocenters. The highest BCUT2D eigenvalue weighted by Gasteiger charge is 2.19. The van der Waals surface area contributed by atoms with Crippen molar-refractivity contribution in [1.29, 1.82) is 0 Å². The van der Waals surface area contributed by atoms with Crippen LogP contribution in [0.5, 0.6) is 0 Å². The van der Waals surface area contributed by atoms with Gasteiger partial charge >= 0.3 is 0 Å². The van der Waals surface area contributed by atoms with Gasteiger partial charge < -0.3 is 15.5 Å². The molecule has 1 rings (SSSR count). The summed E-state index contributed by atoms with van der Waals surface area (Å²) in [6, 6.07) is 0.579. The van der Waals surface area contributed by atoms with Gasteiger partial charge in [-0.2, -0.15) is 0 Å². The second-order valence-corrected chi connectivity index (χ2v) is 6.25. The summed E-state index contributed by atoms with van der Waals surface area (Å²) in [4.78, 5) is 6.97. The molecule has 1 saturated heterocycles. The fourth-order valence-corrected chi connectivity index (χ4v) is 2.89. The Morgan fingerprint density at radius 1 is 1.19 bits per heavy atom. The van der Waals surface area contributed by atoms with Gasteiger partial charge in [-0.1, -0.05) is 40.0 Å². The first-order chi connectivity index (χ1) is 10.2. The Bertz CT molecular complexity index is 279. The maximum Gasteiger partial charge on any atom is 0.191 e. The van der Waals surface area contributed by atoms with E-state index in [2.05, 4.69) is 41.3 Å². The maximum absolute atomic E-state index is 4.37. The highest BCUT2D eigenvalue weighted by molar-refractivity contribution is 5.79. The van der Waals surface area contributed by atoms with Crippen molar-refractivity contribution in [3.8, 4) is 0 Å². The summed E-state index contributed by atoms with van der Waals surface area (Å²) in [7, 11) is 1.87. The van der Waals surface area contributed by atoms with Gasteiger partial charge in [-0.05, 0) is 31.7 Å². The van der Waals surface area contributed by atoms with Gasteiger partial charge in [0, 0.05) is 32.7 Å². The largest absolute Gasteiger partial charge is 0.356 e. The van der Waals surface area contributed by atoms with Gasteiger partial charge in [0.25, 0.3) is 0 Å². The van der Waals surface area contributed by atoms with E-state index < -0.39 is 0 Å². The molecule has 0 aliphatic carbocycles. The minimum absolute atomic E-state index is 0.579. The van der Waals surface area contributed by atoms with E-state index in [9.17, 15) is 0 Å². The number of likely N-dealkylation sites (tertiary alicyclic amines) is 1. The van der Waals surface area contributed by atoms with Crippen molar-refractivity contribution in [1.82, 2.24) is 15.5 Å². The van der Waals surface area contributed by atoms with Crippen LogP contribution in [0.1, 0.15) is 59.3 Å². The predicted molar refractivity (Wildman–Crippen MR) is 92.9 cm³/mol. The molecule has 1 aliphatic heterocycles. The van der Waals surface area contributed by atoms with Gasteiger partial charge in [0.15, 0.2) is 5.96 Å². The number of aliphatic imine (C=N–C) groups is 1. The van der Waals surface area contributed by atoms with Gasteiger partial charge in [0.2, 0.25) is 0 Å². The smallest absolute Gasteiger partial charge is 0.191 e. The average Bonchev–Trinajstić information content (AvgIpc) is 2.53. The normalized spacial score (nSPS) is 18.2. The summed E-state index contributed by atoms with van der Waals surface area (Å²) in [5.74, 6) is 1.73. The Morgan fingerprint density at radius 3 is 2.38 bits per heavy atom. The lowest BCUT2D eigenvalue weighted by molar-refractivity contribution is 0.203. The van der Waals surface area contributed by atoms with Crippen molar-refractivity contribution >= 4 is 5.96 Å². The molecular weight excluding hydrogens is 260 g/mol. The van der Waals surface area contributed by atoms with Crippen molar-refractivity contribution in [3.05, 3.63) is 0 Å². The summed E-state index contributed by atoms with van der Waals surface area (Å²) in [5.41, 5.74) is 0. The first-order valence-electron chi connectivity index (χ1n) is 8.92. The third-order valence-electron chi connectivity index (χ3n) is 4.69. The standard InChI is InChI=1S/C17H36N4/c1-5-8-11-21-12-9-16(10-13-21)20-17(18-4)19-14-15(6-2)7-3/h15-16H,5-14H2,1-4H3,(H2,18,19,20). The second kappa shape index (κ2) is 10.9. The van der Waals surface area contributed by atoms with Crippen LogP contribution in [0.4, 0.5) is 0 Å². The number of nitrogens with zero attached hydrogens (tertiary/aromatic N) is 2. The zero-order valence-corrected chi connectivity index (χ0v) is 14.6. The van der Waals surface area contributed by atoms with E-state index in [4.69, 9.17) is 0 Å². The van der Waals surface area contributed by atoms with E-state index in [0.29, 0.717) is 6.04 Å². The second-order valence-electron chi connectivity index (χ2n) is 6.25. The molecular formula is C17H36N4. The molecule has 0 atom stereocenters. The molecule has 0 radical (unpaired) electrons. The molecule has 1 fully saturated rings. The molecule has 4 heteroatoms. The number of hydrogen-bond donors (Lipinski definition) is 2. The lowest BCUT2D eigenvalue weighted by Gasteiger charge is -2.33. The van der Waals surface area contributed by atoms with Crippen molar-refractivity contribution in [2.24, 2.45) is 10.9 Å². The first kappa shape index (κ1) is 18.3. The number of unbranched alkanes of at least 4 members (excludes halogenated alkanes) is 1. The summed E-state index contributed by atoms with van der Waals surface area (Å²) >= 11 is 0. The number of hydrogen-bond acceptors (Lipinski definition) is 2. The molecule has 0 spiro atoms. The van der Waals surface area contributed by atoms with Crippen molar-refractivity contribution in [2.75, 3.05) is 33.2 Å². The van der Waals surface area contributed by atoms with Crippen molar-refractivity contribution in [3.63, 3.8) is 0 Å². The SMILES string of the molecule is CCCCN1CCC(NC(=NC)NCC(CC)CC)CC1. The van der Waals surface area contributed by atoms with Crippen LogP contribution in [0, 0.1) is 5.92 Å². The van der Waals surface area contributed by atoms with Gasteiger partial charge in [-0.3, -0.25) is 4.99 Å². The lowest BCUT2D eigenvalue weighted by atomic mass is 10.0. The summed E-state index contributed by atoms with van der Waals surface area (Å²) in [6.45, 7) is 11.5. The monoisotopic (exact) mass is 296 g/mol. The van der Waals surface area contributed by atoms with Crippen LogP contribution in [-0.4, -0.2) is 50.1 Å². The van der Waals surface area contributed by atoms with Crippen molar-refractivity contribution in [2.45, 2.75) is 65.3 Å². The number of guanidine groups is 1. The highest BCUT2D eigenvalue weighted by Crippen LogP contribution is 2.11. The average molecular weight is 297 g/mol. The molecule has 124 valence electrons. The van der Waals surface area contributed by atoms with Crippen LogP contribution in [0.25, 0.3) is 0 Å². The van der Waals surface area contributed by atoms with Crippen LogP contribution in [-0.2, 0) is 0 Å². The zero-order chi connectivity index (χ0) is 15.5. The van der Waals surface area contributed by atoms with Crippen LogP contribution in [0.15, 0.2) is 4.99 Å². The van der Waals surface area contributed by atoms with E-state index in [-0.39, 0.29) is 0 Å². The van der Waals surface area contributed by atoms with E-state index in [0.717, 1.165) is 18.4 Å². The van der Waals surface area contributed by atoms with Crippen LogP contribution < -0.4 is 10.6 Å². The summed E-state index contributed by atoms with van der Waals surface area (Å²) in [6.07, 6.45) is 7.55. The molecule has 0 bridgehead atoms.